The Balaban J connectivity index is 2.38. The first-order chi connectivity index (χ1) is 8.94. The van der Waals surface area contributed by atoms with Crippen LogP contribution in [0, 0.1) is 11.8 Å². The highest BCUT2D eigenvalue weighted by Crippen LogP contribution is 2.46. The summed E-state index contributed by atoms with van der Waals surface area (Å²) in [5.41, 5.74) is 0.0212. The molecule has 0 saturated heterocycles. The topological polar surface area (TPSA) is 43.7 Å². The third-order valence-electron chi connectivity index (χ3n) is 4.46. The monoisotopic (exact) mass is 263 g/mol. The van der Waals surface area contributed by atoms with Gasteiger partial charge >= 0.3 is 0 Å². The molecule has 1 aliphatic carbocycles. The molecule has 1 aromatic carbocycles. The maximum Gasteiger partial charge on any atom is 0.115 e. The zero-order valence-electron chi connectivity index (χ0n) is 12.1. The van der Waals surface area contributed by atoms with Crippen molar-refractivity contribution in [1.29, 1.82) is 0 Å². The summed E-state index contributed by atoms with van der Waals surface area (Å²) in [6.45, 7) is 2.99. The quantitative estimate of drug-likeness (QED) is 0.881. The lowest BCUT2D eigenvalue weighted by Gasteiger charge is -2.46. The van der Waals surface area contributed by atoms with E-state index in [0.29, 0.717) is 0 Å². The zero-order valence-corrected chi connectivity index (χ0v) is 12.1. The molecule has 0 aliphatic heterocycles. The number of phenolic OH excluding ortho intramolecular Hbond substituents is 1. The first kappa shape index (κ1) is 14.4. The number of phenols is 1. The Morgan fingerprint density at radius 1 is 1.32 bits per heavy atom. The van der Waals surface area contributed by atoms with E-state index in [1.54, 1.807) is 12.1 Å². The summed E-state index contributed by atoms with van der Waals surface area (Å²) >= 11 is 0. The van der Waals surface area contributed by atoms with Crippen LogP contribution in [0.2, 0.25) is 0 Å². The van der Waals surface area contributed by atoms with Crippen LogP contribution in [0.15, 0.2) is 24.3 Å². The van der Waals surface area contributed by atoms with Crippen molar-refractivity contribution in [3.05, 3.63) is 29.8 Å². The average molecular weight is 263 g/mol. The molecule has 3 heteroatoms. The Kier molecular flexibility index (Phi) is 4.16. The summed E-state index contributed by atoms with van der Waals surface area (Å²) in [7, 11) is 4.09. The van der Waals surface area contributed by atoms with Crippen LogP contribution >= 0.6 is 0 Å². The van der Waals surface area contributed by atoms with Crippen LogP contribution in [0.5, 0.6) is 5.75 Å². The summed E-state index contributed by atoms with van der Waals surface area (Å²) in [6, 6.07) is 7.12. The molecule has 0 unspecified atom stereocenters. The minimum absolute atomic E-state index is 0.216. The summed E-state index contributed by atoms with van der Waals surface area (Å²) in [5.74, 6) is 0.661. The Morgan fingerprint density at radius 2 is 2.05 bits per heavy atom. The molecule has 0 aromatic heterocycles. The summed E-state index contributed by atoms with van der Waals surface area (Å²) in [4.78, 5) is 2.14. The lowest BCUT2D eigenvalue weighted by molar-refractivity contribution is -0.102. The highest BCUT2D eigenvalue weighted by atomic mass is 16.3. The number of rotatable bonds is 3. The molecular weight excluding hydrogens is 238 g/mol. The van der Waals surface area contributed by atoms with Crippen molar-refractivity contribution >= 4 is 0 Å². The highest BCUT2D eigenvalue weighted by Gasteiger charge is 2.45. The van der Waals surface area contributed by atoms with Gasteiger partial charge in [-0.2, -0.15) is 0 Å². The molecule has 1 saturated carbocycles. The van der Waals surface area contributed by atoms with Gasteiger partial charge in [0.15, 0.2) is 0 Å². The van der Waals surface area contributed by atoms with Gasteiger partial charge in [-0.15, -0.1) is 0 Å². The van der Waals surface area contributed by atoms with Gasteiger partial charge in [0.05, 0.1) is 5.60 Å². The molecular formula is C16H25NO2. The van der Waals surface area contributed by atoms with Crippen molar-refractivity contribution in [2.24, 2.45) is 11.8 Å². The molecule has 0 radical (unpaired) electrons. The number of nitrogens with zero attached hydrogens (tertiary/aromatic N) is 1. The smallest absolute Gasteiger partial charge is 0.115 e. The van der Waals surface area contributed by atoms with Crippen LogP contribution in [-0.2, 0) is 5.60 Å². The van der Waals surface area contributed by atoms with E-state index < -0.39 is 5.60 Å². The van der Waals surface area contributed by atoms with Crippen molar-refractivity contribution in [3.63, 3.8) is 0 Å². The second-order valence-electron chi connectivity index (χ2n) is 6.17. The maximum atomic E-state index is 11.3. The van der Waals surface area contributed by atoms with Crippen LogP contribution in [-0.4, -0.2) is 35.8 Å². The molecule has 0 heterocycles. The van der Waals surface area contributed by atoms with Gasteiger partial charge in [0, 0.05) is 12.5 Å². The van der Waals surface area contributed by atoms with Crippen molar-refractivity contribution in [3.8, 4) is 5.75 Å². The molecule has 106 valence electrons. The van der Waals surface area contributed by atoms with Gasteiger partial charge in [-0.3, -0.25) is 0 Å². The van der Waals surface area contributed by atoms with Crippen LogP contribution in [0.1, 0.15) is 31.7 Å². The summed E-state index contributed by atoms with van der Waals surface area (Å²) in [5, 5.41) is 21.0. The third-order valence-corrected chi connectivity index (χ3v) is 4.46. The second-order valence-corrected chi connectivity index (χ2v) is 6.17. The molecule has 3 nitrogen and oxygen atoms in total. The maximum absolute atomic E-state index is 11.3. The van der Waals surface area contributed by atoms with Crippen LogP contribution in [0.3, 0.4) is 0 Å². The number of hydrogen-bond donors (Lipinski definition) is 2. The highest BCUT2D eigenvalue weighted by molar-refractivity contribution is 5.33. The van der Waals surface area contributed by atoms with Gasteiger partial charge < -0.3 is 15.1 Å². The summed E-state index contributed by atoms with van der Waals surface area (Å²) in [6.07, 6.45) is 3.24. The van der Waals surface area contributed by atoms with E-state index in [1.165, 1.54) is 6.42 Å². The minimum atomic E-state index is -0.832. The minimum Gasteiger partial charge on any atom is -0.508 e. The summed E-state index contributed by atoms with van der Waals surface area (Å²) < 4.78 is 0. The Hall–Kier alpha value is -1.06. The Bertz CT molecular complexity index is 433. The van der Waals surface area contributed by atoms with Gasteiger partial charge in [-0.05, 0) is 50.6 Å². The zero-order chi connectivity index (χ0) is 14.0. The molecule has 0 spiro atoms. The average Bonchev–Trinajstić information content (AvgIpc) is 2.34. The second kappa shape index (κ2) is 5.51. The molecule has 3 atom stereocenters. The first-order valence-electron chi connectivity index (χ1n) is 7.11. The van der Waals surface area contributed by atoms with Crippen molar-refractivity contribution in [1.82, 2.24) is 4.90 Å². The lowest BCUT2D eigenvalue weighted by atomic mass is 9.65. The van der Waals surface area contributed by atoms with Gasteiger partial charge in [0.1, 0.15) is 5.75 Å². The van der Waals surface area contributed by atoms with E-state index in [4.69, 9.17) is 0 Å². The van der Waals surface area contributed by atoms with E-state index in [-0.39, 0.29) is 17.6 Å². The van der Waals surface area contributed by atoms with Crippen LogP contribution < -0.4 is 0 Å². The fourth-order valence-electron chi connectivity index (χ4n) is 3.46. The number of aliphatic hydroxyl groups is 1. The SMILES string of the molecule is C[C@H]1CCC[C@@H](CN(C)C)[C@]1(O)c1cccc(O)c1. The van der Waals surface area contributed by atoms with E-state index in [2.05, 4.69) is 11.8 Å². The predicted octanol–water partition coefficient (Wildman–Crippen LogP) is 2.58. The molecule has 0 bridgehead atoms. The number of benzene rings is 1. The molecule has 0 amide bonds. The molecule has 2 rings (SSSR count). The Labute approximate surface area is 115 Å². The fourth-order valence-corrected chi connectivity index (χ4v) is 3.46. The number of aromatic hydroxyl groups is 1. The van der Waals surface area contributed by atoms with E-state index in [0.717, 1.165) is 24.9 Å². The van der Waals surface area contributed by atoms with Gasteiger partial charge in [0.25, 0.3) is 0 Å². The predicted molar refractivity (Wildman–Crippen MR) is 77.1 cm³/mol. The molecule has 1 aromatic rings. The molecule has 19 heavy (non-hydrogen) atoms. The van der Waals surface area contributed by atoms with Gasteiger partial charge in [-0.1, -0.05) is 25.5 Å². The first-order valence-corrected chi connectivity index (χ1v) is 7.11. The van der Waals surface area contributed by atoms with E-state index in [1.807, 2.05) is 26.2 Å². The van der Waals surface area contributed by atoms with E-state index >= 15 is 0 Å². The normalized spacial score (nSPS) is 31.6. The van der Waals surface area contributed by atoms with Gasteiger partial charge in [0.2, 0.25) is 0 Å². The van der Waals surface area contributed by atoms with E-state index in [9.17, 15) is 10.2 Å². The third kappa shape index (κ3) is 2.77. The largest absolute Gasteiger partial charge is 0.508 e. The fraction of sp³-hybridized carbons (Fsp3) is 0.625. The van der Waals surface area contributed by atoms with Crippen molar-refractivity contribution < 1.29 is 10.2 Å². The van der Waals surface area contributed by atoms with Gasteiger partial charge in [-0.25, -0.2) is 0 Å². The Morgan fingerprint density at radius 3 is 2.68 bits per heavy atom. The van der Waals surface area contributed by atoms with Crippen LogP contribution in [0.4, 0.5) is 0 Å². The molecule has 1 fully saturated rings. The number of hydrogen-bond acceptors (Lipinski definition) is 3. The standard InChI is InChI=1S/C16H25NO2/c1-12-6-4-8-14(11-17(2)3)16(12,19)13-7-5-9-15(18)10-13/h5,7,9-10,12,14,18-19H,4,6,8,11H2,1-3H3/t12-,14-,16+/m0/s1. The van der Waals surface area contributed by atoms with Crippen molar-refractivity contribution in [2.75, 3.05) is 20.6 Å². The van der Waals surface area contributed by atoms with Crippen LogP contribution in [0.25, 0.3) is 0 Å². The lowest BCUT2D eigenvalue weighted by Crippen LogP contribution is -2.47. The van der Waals surface area contributed by atoms with Crippen molar-refractivity contribution in [2.45, 2.75) is 31.8 Å². The molecule has 2 N–H and O–H groups in total. The molecule has 1 aliphatic rings.